The minimum Gasteiger partial charge on any atom is -0.321 e. The van der Waals surface area contributed by atoms with Gasteiger partial charge in [-0.05, 0) is 41.8 Å². The van der Waals surface area contributed by atoms with Crippen LogP contribution in [0.2, 0.25) is 5.02 Å². The molecule has 2 amide bonds. The fourth-order valence-electron chi connectivity index (χ4n) is 1.99. The highest BCUT2D eigenvalue weighted by molar-refractivity contribution is 7.12. The highest BCUT2D eigenvalue weighted by Crippen LogP contribution is 2.25. The first kappa shape index (κ1) is 16.2. The lowest BCUT2D eigenvalue weighted by Gasteiger charge is -2.09. The summed E-state index contributed by atoms with van der Waals surface area (Å²) in [6, 6.07) is 11.7. The predicted octanol–water partition coefficient (Wildman–Crippen LogP) is 4.30. The maximum atomic E-state index is 12.3. The first-order valence-electron chi connectivity index (χ1n) is 6.99. The van der Waals surface area contributed by atoms with Crippen LogP contribution in [0.5, 0.6) is 0 Å². The zero-order valence-electron chi connectivity index (χ0n) is 12.3. The molecule has 0 aliphatic rings. The van der Waals surface area contributed by atoms with E-state index in [2.05, 4.69) is 15.6 Å². The van der Waals surface area contributed by atoms with Gasteiger partial charge in [-0.3, -0.25) is 14.6 Å². The lowest BCUT2D eigenvalue weighted by Crippen LogP contribution is -2.14. The number of carbonyl (C=O) groups is 2. The highest BCUT2D eigenvalue weighted by atomic mass is 35.5. The van der Waals surface area contributed by atoms with Crippen molar-refractivity contribution in [3.8, 4) is 0 Å². The Morgan fingerprint density at radius 3 is 2.62 bits per heavy atom. The number of rotatable bonds is 4. The van der Waals surface area contributed by atoms with Crippen molar-refractivity contribution < 1.29 is 9.59 Å². The Balaban J connectivity index is 1.78. The molecule has 0 saturated heterocycles. The SMILES string of the molecule is O=C(Nc1cccnc1)c1ccc(Cl)c(NC(=O)c2cccs2)c1. The molecule has 3 rings (SSSR count). The summed E-state index contributed by atoms with van der Waals surface area (Å²) in [5.74, 6) is -0.581. The van der Waals surface area contributed by atoms with E-state index in [-0.39, 0.29) is 11.8 Å². The summed E-state index contributed by atoms with van der Waals surface area (Å²) < 4.78 is 0. The Morgan fingerprint density at radius 2 is 1.92 bits per heavy atom. The van der Waals surface area contributed by atoms with Gasteiger partial charge in [-0.15, -0.1) is 11.3 Å². The van der Waals surface area contributed by atoms with Crippen LogP contribution in [0.3, 0.4) is 0 Å². The number of carbonyl (C=O) groups excluding carboxylic acids is 2. The molecule has 24 heavy (non-hydrogen) atoms. The van der Waals surface area contributed by atoms with Crippen LogP contribution in [0.25, 0.3) is 0 Å². The molecule has 0 saturated carbocycles. The molecular weight excluding hydrogens is 346 g/mol. The number of nitrogens with zero attached hydrogens (tertiary/aromatic N) is 1. The molecule has 3 aromatic rings. The Labute approximate surface area is 147 Å². The van der Waals surface area contributed by atoms with Crippen molar-refractivity contribution in [2.75, 3.05) is 10.6 Å². The number of halogens is 1. The average molecular weight is 358 g/mol. The van der Waals surface area contributed by atoms with Gasteiger partial charge in [0.15, 0.2) is 0 Å². The van der Waals surface area contributed by atoms with E-state index < -0.39 is 0 Å². The Hall–Kier alpha value is -2.70. The fourth-order valence-corrected chi connectivity index (χ4v) is 2.78. The monoisotopic (exact) mass is 357 g/mol. The van der Waals surface area contributed by atoms with Crippen molar-refractivity contribution in [3.63, 3.8) is 0 Å². The van der Waals surface area contributed by atoms with Crippen molar-refractivity contribution in [2.24, 2.45) is 0 Å². The third kappa shape index (κ3) is 3.79. The number of anilines is 2. The molecule has 1 aromatic carbocycles. The smallest absolute Gasteiger partial charge is 0.265 e. The Bertz CT molecular complexity index is 867. The van der Waals surface area contributed by atoms with Gasteiger partial charge < -0.3 is 10.6 Å². The normalized spacial score (nSPS) is 10.2. The third-order valence-corrected chi connectivity index (χ3v) is 4.34. The van der Waals surface area contributed by atoms with E-state index in [1.165, 1.54) is 11.3 Å². The molecule has 0 bridgehead atoms. The van der Waals surface area contributed by atoms with Gasteiger partial charge in [0.2, 0.25) is 0 Å². The molecule has 0 aliphatic heterocycles. The van der Waals surface area contributed by atoms with Crippen LogP contribution in [0, 0.1) is 0 Å². The first-order chi connectivity index (χ1) is 11.6. The van der Waals surface area contributed by atoms with Crippen LogP contribution in [0.4, 0.5) is 11.4 Å². The summed E-state index contributed by atoms with van der Waals surface area (Å²) in [6.45, 7) is 0. The van der Waals surface area contributed by atoms with Gasteiger partial charge in [0, 0.05) is 11.8 Å². The van der Waals surface area contributed by atoms with E-state index in [4.69, 9.17) is 11.6 Å². The number of aromatic nitrogens is 1. The van der Waals surface area contributed by atoms with Crippen LogP contribution in [0.15, 0.2) is 60.2 Å². The van der Waals surface area contributed by atoms with Crippen molar-refractivity contribution in [2.45, 2.75) is 0 Å². The maximum Gasteiger partial charge on any atom is 0.265 e. The molecule has 0 radical (unpaired) electrons. The quantitative estimate of drug-likeness (QED) is 0.731. The van der Waals surface area contributed by atoms with Crippen molar-refractivity contribution in [1.82, 2.24) is 4.98 Å². The number of thiophene rings is 1. The number of amides is 2. The predicted molar refractivity (Wildman–Crippen MR) is 95.9 cm³/mol. The van der Waals surface area contributed by atoms with Gasteiger partial charge >= 0.3 is 0 Å². The minimum absolute atomic E-state index is 0.267. The van der Waals surface area contributed by atoms with Crippen LogP contribution in [-0.4, -0.2) is 16.8 Å². The summed E-state index contributed by atoms with van der Waals surface area (Å²) >= 11 is 7.44. The summed E-state index contributed by atoms with van der Waals surface area (Å²) in [4.78, 5) is 28.9. The standard InChI is InChI=1S/C17H12ClN3O2S/c18-13-6-5-11(16(22)20-12-3-1-7-19-10-12)9-14(13)21-17(23)15-4-2-8-24-15/h1-10H,(H,20,22)(H,21,23). The molecule has 0 aliphatic carbocycles. The van der Waals surface area contributed by atoms with Crippen LogP contribution in [0.1, 0.15) is 20.0 Å². The molecule has 5 nitrogen and oxygen atoms in total. The van der Waals surface area contributed by atoms with Gasteiger partial charge in [0.25, 0.3) is 11.8 Å². The average Bonchev–Trinajstić information content (AvgIpc) is 3.12. The molecule has 0 atom stereocenters. The lowest BCUT2D eigenvalue weighted by molar-refractivity contribution is 0.101. The molecule has 0 fully saturated rings. The summed E-state index contributed by atoms with van der Waals surface area (Å²) in [6.07, 6.45) is 3.17. The second-order valence-corrected chi connectivity index (χ2v) is 6.18. The van der Waals surface area contributed by atoms with Crippen LogP contribution >= 0.6 is 22.9 Å². The number of hydrogen-bond acceptors (Lipinski definition) is 4. The molecule has 2 aromatic heterocycles. The summed E-state index contributed by atoms with van der Waals surface area (Å²) in [5.41, 5.74) is 1.35. The molecule has 0 spiro atoms. The van der Waals surface area contributed by atoms with Crippen molar-refractivity contribution in [1.29, 1.82) is 0 Å². The van der Waals surface area contributed by atoms with E-state index in [9.17, 15) is 9.59 Å². The number of hydrogen-bond donors (Lipinski definition) is 2. The van der Waals surface area contributed by atoms with E-state index >= 15 is 0 Å². The lowest BCUT2D eigenvalue weighted by atomic mass is 10.1. The molecular formula is C17H12ClN3O2S. The minimum atomic E-state index is -0.314. The molecule has 7 heteroatoms. The van der Waals surface area contributed by atoms with E-state index in [1.54, 1.807) is 54.9 Å². The van der Waals surface area contributed by atoms with E-state index in [1.807, 2.05) is 5.38 Å². The van der Waals surface area contributed by atoms with Crippen molar-refractivity contribution >= 4 is 46.1 Å². The third-order valence-electron chi connectivity index (χ3n) is 3.14. The van der Waals surface area contributed by atoms with Crippen LogP contribution in [-0.2, 0) is 0 Å². The van der Waals surface area contributed by atoms with Crippen molar-refractivity contribution in [3.05, 3.63) is 75.7 Å². The highest BCUT2D eigenvalue weighted by Gasteiger charge is 2.13. The number of benzene rings is 1. The van der Waals surface area contributed by atoms with Gasteiger partial charge in [0.1, 0.15) is 0 Å². The van der Waals surface area contributed by atoms with Gasteiger partial charge in [0.05, 0.1) is 27.5 Å². The van der Waals surface area contributed by atoms with Gasteiger partial charge in [-0.2, -0.15) is 0 Å². The van der Waals surface area contributed by atoms with Gasteiger partial charge in [-0.25, -0.2) is 0 Å². The zero-order valence-corrected chi connectivity index (χ0v) is 13.9. The van der Waals surface area contributed by atoms with Gasteiger partial charge in [-0.1, -0.05) is 17.7 Å². The summed E-state index contributed by atoms with van der Waals surface area (Å²) in [7, 11) is 0. The van der Waals surface area contributed by atoms with E-state index in [0.717, 1.165) is 0 Å². The summed E-state index contributed by atoms with van der Waals surface area (Å²) in [5, 5.41) is 7.62. The molecule has 120 valence electrons. The Morgan fingerprint density at radius 1 is 1.04 bits per heavy atom. The fraction of sp³-hybridized carbons (Fsp3) is 0. The largest absolute Gasteiger partial charge is 0.321 e. The molecule has 0 unspecified atom stereocenters. The Kier molecular flexibility index (Phi) is 4.88. The number of pyridine rings is 1. The number of nitrogens with one attached hydrogen (secondary N) is 2. The maximum absolute atomic E-state index is 12.3. The van der Waals surface area contributed by atoms with Crippen LogP contribution < -0.4 is 10.6 Å². The molecule has 2 heterocycles. The zero-order chi connectivity index (χ0) is 16.9. The topological polar surface area (TPSA) is 71.1 Å². The van der Waals surface area contributed by atoms with E-state index in [0.29, 0.717) is 26.8 Å². The second kappa shape index (κ2) is 7.25. The second-order valence-electron chi connectivity index (χ2n) is 4.82. The first-order valence-corrected chi connectivity index (χ1v) is 8.25. The molecule has 2 N–H and O–H groups in total.